The number of hydrogen-bond acceptors (Lipinski definition) is 3. The number of fused-ring (bicyclic) bond motifs is 1. The van der Waals surface area contributed by atoms with E-state index in [1.165, 1.54) is 29.7 Å². The van der Waals surface area contributed by atoms with Gasteiger partial charge < -0.3 is 9.53 Å². The minimum atomic E-state index is -2.07. The molecule has 1 N–H and O–H groups in total. The molecule has 4 rings (SSSR count). The Morgan fingerprint density at radius 3 is 2.12 bits per heavy atom. The lowest BCUT2D eigenvalue weighted by molar-refractivity contribution is 0.105. The molecule has 0 saturated heterocycles. The fourth-order valence-corrected chi connectivity index (χ4v) is 7.77. The molecule has 40 heavy (non-hydrogen) atoms. The predicted octanol–water partition coefficient (Wildman–Crippen LogP) is 10.2. The molecule has 2 aliphatic rings. The van der Waals surface area contributed by atoms with Crippen LogP contribution in [0.1, 0.15) is 152 Å². The first kappa shape index (κ1) is 31.2. The molecule has 1 aromatic heterocycles. The molecule has 1 aromatic carbocycles. The third kappa shape index (κ3) is 6.20. The summed E-state index contributed by atoms with van der Waals surface area (Å²) in [5.41, 5.74) is 8.90. The topological polar surface area (TPSA) is 42.4 Å². The van der Waals surface area contributed by atoms with Gasteiger partial charge in [0, 0.05) is 22.7 Å². The number of aromatic nitrogens is 1. The molecule has 3 nitrogen and oxygen atoms in total. The van der Waals surface area contributed by atoms with E-state index in [-0.39, 0.29) is 22.0 Å². The Morgan fingerprint density at radius 1 is 1.05 bits per heavy atom. The molecule has 220 valence electrons. The summed E-state index contributed by atoms with van der Waals surface area (Å²) in [6, 6.07) is 8.56. The highest BCUT2D eigenvalue weighted by molar-refractivity contribution is 6.74. The first-order valence-corrected chi connectivity index (χ1v) is 18.4. The van der Waals surface area contributed by atoms with Gasteiger partial charge in [0.2, 0.25) is 0 Å². The summed E-state index contributed by atoms with van der Waals surface area (Å²) in [5.74, 6) is 0.381. The van der Waals surface area contributed by atoms with Crippen molar-refractivity contribution in [1.29, 1.82) is 0 Å². The van der Waals surface area contributed by atoms with Gasteiger partial charge in [0.05, 0.1) is 11.8 Å². The van der Waals surface area contributed by atoms with Crippen molar-refractivity contribution in [1.82, 2.24) is 4.98 Å². The maximum atomic E-state index is 12.2. The second kappa shape index (κ2) is 10.8. The lowest BCUT2D eigenvalue weighted by atomic mass is 9.71. The van der Waals surface area contributed by atoms with Crippen LogP contribution in [0.4, 0.5) is 0 Å². The molecule has 1 heterocycles. The summed E-state index contributed by atoms with van der Waals surface area (Å²) in [6.45, 7) is 29.7. The lowest BCUT2D eigenvalue weighted by Crippen LogP contribution is -2.44. The van der Waals surface area contributed by atoms with Crippen molar-refractivity contribution in [2.24, 2.45) is 5.41 Å². The smallest absolute Gasteiger partial charge is 0.192 e. The first-order valence-electron chi connectivity index (χ1n) is 15.5. The number of rotatable bonds is 6. The standard InChI is InChI=1S/C36H55NO2Si/c1-23(2)29-30-27(21-36(9,10)22-28(30)39-40(11,12)35(6,7)8)37-32(24-15-13-14-16-24)31(29)33(38)25-17-19-26(20-18-25)34(3,4)5/h17-20,24,28,33,38H,1,13-16,21-22H2,2-12H3/t28?,33-/m0/s1. The van der Waals surface area contributed by atoms with Crippen LogP contribution in [0.15, 0.2) is 30.8 Å². The fraction of sp³-hybridized carbons (Fsp3) is 0.639. The summed E-state index contributed by atoms with van der Waals surface area (Å²) in [4.78, 5) is 5.51. The quantitative estimate of drug-likeness (QED) is 0.357. The van der Waals surface area contributed by atoms with Gasteiger partial charge in [-0.3, -0.25) is 4.98 Å². The number of hydrogen-bond donors (Lipinski definition) is 1. The van der Waals surface area contributed by atoms with E-state index in [4.69, 9.17) is 9.41 Å². The average molecular weight is 562 g/mol. The van der Waals surface area contributed by atoms with Crippen molar-refractivity contribution in [3.05, 3.63) is 70.0 Å². The number of benzene rings is 1. The largest absolute Gasteiger partial charge is 0.410 e. The van der Waals surface area contributed by atoms with E-state index in [0.29, 0.717) is 5.92 Å². The summed E-state index contributed by atoms with van der Waals surface area (Å²) in [5, 5.41) is 12.3. The first-order chi connectivity index (χ1) is 18.3. The van der Waals surface area contributed by atoms with Gasteiger partial charge in [0.1, 0.15) is 6.10 Å². The zero-order chi connectivity index (χ0) is 29.8. The van der Waals surface area contributed by atoms with E-state index >= 15 is 0 Å². The van der Waals surface area contributed by atoms with Crippen LogP contribution in [0.3, 0.4) is 0 Å². The number of aliphatic hydroxyl groups excluding tert-OH is 1. The molecule has 0 radical (unpaired) electrons. The number of nitrogens with zero attached hydrogens (tertiary/aromatic N) is 1. The number of allylic oxidation sites excluding steroid dienone is 1. The molecule has 0 aliphatic heterocycles. The van der Waals surface area contributed by atoms with Gasteiger partial charge in [-0.2, -0.15) is 0 Å². The van der Waals surface area contributed by atoms with Crippen molar-refractivity contribution in [3.8, 4) is 0 Å². The van der Waals surface area contributed by atoms with E-state index in [2.05, 4.69) is 106 Å². The Labute approximate surface area is 246 Å². The molecule has 4 heteroatoms. The second-order valence-corrected chi connectivity index (χ2v) is 20.9. The molecule has 2 aliphatic carbocycles. The minimum Gasteiger partial charge on any atom is -0.410 e. The van der Waals surface area contributed by atoms with Crippen molar-refractivity contribution >= 4 is 13.9 Å². The van der Waals surface area contributed by atoms with Gasteiger partial charge in [-0.15, -0.1) is 0 Å². The Kier molecular flexibility index (Phi) is 8.44. The highest BCUT2D eigenvalue weighted by Crippen LogP contribution is 2.52. The van der Waals surface area contributed by atoms with Crippen LogP contribution < -0.4 is 0 Å². The molecule has 0 spiro atoms. The second-order valence-electron chi connectivity index (χ2n) is 16.1. The maximum absolute atomic E-state index is 12.2. The van der Waals surface area contributed by atoms with Crippen molar-refractivity contribution in [2.45, 2.75) is 143 Å². The Balaban J connectivity index is 1.96. The van der Waals surface area contributed by atoms with E-state index in [1.807, 2.05) is 0 Å². The highest BCUT2D eigenvalue weighted by atomic mass is 28.4. The van der Waals surface area contributed by atoms with Crippen molar-refractivity contribution < 1.29 is 9.53 Å². The van der Waals surface area contributed by atoms with Crippen LogP contribution in [-0.4, -0.2) is 18.4 Å². The van der Waals surface area contributed by atoms with Crippen molar-refractivity contribution in [2.75, 3.05) is 0 Å². The number of pyridine rings is 1. The van der Waals surface area contributed by atoms with E-state index in [1.54, 1.807) is 0 Å². The van der Waals surface area contributed by atoms with Gasteiger partial charge in [-0.1, -0.05) is 105 Å². The van der Waals surface area contributed by atoms with Gasteiger partial charge in [0.25, 0.3) is 0 Å². The Bertz CT molecular complexity index is 1240. The highest BCUT2D eigenvalue weighted by Gasteiger charge is 2.45. The van der Waals surface area contributed by atoms with Gasteiger partial charge in [-0.25, -0.2) is 0 Å². The summed E-state index contributed by atoms with van der Waals surface area (Å²) in [6.07, 6.45) is 5.80. The van der Waals surface area contributed by atoms with Crippen LogP contribution in [0.5, 0.6) is 0 Å². The van der Waals surface area contributed by atoms with Gasteiger partial charge in [-0.05, 0) is 78.3 Å². The number of aliphatic hydroxyl groups is 1. The molecule has 0 bridgehead atoms. The minimum absolute atomic E-state index is 0.0503. The zero-order valence-corrected chi connectivity index (χ0v) is 28.3. The van der Waals surface area contributed by atoms with Crippen LogP contribution in [0.2, 0.25) is 18.1 Å². The normalized spacial score (nSPS) is 20.9. The van der Waals surface area contributed by atoms with Crippen LogP contribution in [0, 0.1) is 5.41 Å². The van der Waals surface area contributed by atoms with E-state index in [9.17, 15) is 5.11 Å². The molecular weight excluding hydrogens is 506 g/mol. The molecule has 1 fully saturated rings. The summed E-state index contributed by atoms with van der Waals surface area (Å²) >= 11 is 0. The van der Waals surface area contributed by atoms with Crippen LogP contribution >= 0.6 is 0 Å². The van der Waals surface area contributed by atoms with Gasteiger partial charge >= 0.3 is 0 Å². The van der Waals surface area contributed by atoms with Crippen molar-refractivity contribution in [3.63, 3.8) is 0 Å². The Hall–Kier alpha value is -1.75. The molecular formula is C36H55NO2Si. The summed E-state index contributed by atoms with van der Waals surface area (Å²) in [7, 11) is -2.07. The van der Waals surface area contributed by atoms with E-state index < -0.39 is 14.4 Å². The summed E-state index contributed by atoms with van der Waals surface area (Å²) < 4.78 is 7.23. The van der Waals surface area contributed by atoms with E-state index in [0.717, 1.165) is 53.6 Å². The third-order valence-corrected chi connectivity index (χ3v) is 14.4. The zero-order valence-electron chi connectivity index (χ0n) is 27.3. The van der Waals surface area contributed by atoms with Gasteiger partial charge in [0.15, 0.2) is 8.32 Å². The SMILES string of the molecule is C=C(C)c1c2c(nc(C3CCCC3)c1[C@@H](O)c1ccc(C(C)(C)C)cc1)CC(C)(C)CC2O[Si](C)(C)C(C)(C)C. The predicted molar refractivity (Wildman–Crippen MR) is 172 cm³/mol. The van der Waals surface area contributed by atoms with Crippen LogP contribution in [0.25, 0.3) is 5.57 Å². The maximum Gasteiger partial charge on any atom is 0.192 e. The third-order valence-electron chi connectivity index (χ3n) is 9.86. The average Bonchev–Trinajstić information content (AvgIpc) is 3.35. The van der Waals surface area contributed by atoms with Crippen LogP contribution in [-0.2, 0) is 16.3 Å². The molecule has 2 atom stereocenters. The molecule has 1 unspecified atom stereocenters. The molecule has 0 amide bonds. The lowest BCUT2D eigenvalue weighted by Gasteiger charge is -2.45. The fourth-order valence-electron chi connectivity index (χ4n) is 6.51. The molecule has 1 saturated carbocycles. The molecule has 2 aromatic rings. The Morgan fingerprint density at radius 2 is 1.62 bits per heavy atom. The monoisotopic (exact) mass is 561 g/mol.